The molecule has 0 atom stereocenters. The molecular formula is C12H11F3INO. The van der Waals surface area contributed by atoms with Crippen molar-refractivity contribution in [3.05, 3.63) is 33.4 Å². The second-order valence-electron chi connectivity index (χ2n) is 4.29. The van der Waals surface area contributed by atoms with Crippen LogP contribution in [0.4, 0.5) is 13.2 Å². The predicted molar refractivity (Wildman–Crippen MR) is 69.3 cm³/mol. The fourth-order valence-corrected chi connectivity index (χ4v) is 2.28. The first-order valence-corrected chi connectivity index (χ1v) is 6.58. The second kappa shape index (κ2) is 5.07. The van der Waals surface area contributed by atoms with E-state index in [-0.39, 0.29) is 6.04 Å². The van der Waals surface area contributed by atoms with Crippen LogP contribution in [-0.4, -0.2) is 29.6 Å². The van der Waals surface area contributed by atoms with Crippen molar-refractivity contribution in [2.75, 3.05) is 6.54 Å². The molecule has 18 heavy (non-hydrogen) atoms. The van der Waals surface area contributed by atoms with Crippen LogP contribution in [0, 0.1) is 3.57 Å². The Labute approximate surface area is 116 Å². The maximum Gasteiger partial charge on any atom is 0.406 e. The summed E-state index contributed by atoms with van der Waals surface area (Å²) in [7, 11) is 0. The molecule has 1 saturated carbocycles. The van der Waals surface area contributed by atoms with Gasteiger partial charge in [0.25, 0.3) is 5.91 Å². The second-order valence-corrected chi connectivity index (χ2v) is 5.54. The highest BCUT2D eigenvalue weighted by Gasteiger charge is 2.40. The molecule has 1 amide bonds. The van der Waals surface area contributed by atoms with Gasteiger partial charge in [-0.15, -0.1) is 0 Å². The molecule has 0 radical (unpaired) electrons. The zero-order chi connectivity index (χ0) is 13.3. The number of hydrogen-bond donors (Lipinski definition) is 0. The minimum absolute atomic E-state index is 0.253. The Bertz CT molecular complexity index is 457. The quantitative estimate of drug-likeness (QED) is 0.748. The Hall–Kier alpha value is -0.790. The molecule has 0 spiro atoms. The molecule has 0 N–H and O–H groups in total. The maximum atomic E-state index is 12.5. The summed E-state index contributed by atoms with van der Waals surface area (Å²) in [5, 5.41) is 0. The molecule has 1 aliphatic carbocycles. The van der Waals surface area contributed by atoms with Crippen LogP contribution >= 0.6 is 22.6 Å². The van der Waals surface area contributed by atoms with Crippen molar-refractivity contribution in [1.82, 2.24) is 4.90 Å². The summed E-state index contributed by atoms with van der Waals surface area (Å²) >= 11 is 2.03. The maximum absolute atomic E-state index is 12.5. The first kappa shape index (κ1) is 13.6. The highest BCUT2D eigenvalue weighted by Crippen LogP contribution is 2.31. The molecule has 0 saturated heterocycles. The van der Waals surface area contributed by atoms with Crippen LogP contribution in [0.2, 0.25) is 0 Å². The molecule has 0 heterocycles. The number of amides is 1. The van der Waals surface area contributed by atoms with Gasteiger partial charge in [-0.1, -0.05) is 6.07 Å². The lowest BCUT2D eigenvalue weighted by Crippen LogP contribution is -2.40. The summed E-state index contributed by atoms with van der Waals surface area (Å²) in [5.74, 6) is -0.534. The van der Waals surface area contributed by atoms with E-state index in [1.807, 2.05) is 22.6 Å². The van der Waals surface area contributed by atoms with E-state index in [2.05, 4.69) is 0 Å². The van der Waals surface area contributed by atoms with Crippen LogP contribution in [-0.2, 0) is 0 Å². The molecule has 0 aromatic heterocycles. The number of carbonyl (C=O) groups excluding carboxylic acids is 1. The molecule has 1 aliphatic rings. The highest BCUT2D eigenvalue weighted by molar-refractivity contribution is 14.1. The van der Waals surface area contributed by atoms with Gasteiger partial charge < -0.3 is 4.90 Å². The monoisotopic (exact) mass is 369 g/mol. The number of halogens is 4. The third-order valence-corrected chi connectivity index (χ3v) is 3.34. The van der Waals surface area contributed by atoms with Crippen molar-refractivity contribution >= 4 is 28.5 Å². The normalized spacial score (nSPS) is 15.6. The van der Waals surface area contributed by atoms with Gasteiger partial charge in [0.15, 0.2) is 0 Å². The fraction of sp³-hybridized carbons (Fsp3) is 0.417. The van der Waals surface area contributed by atoms with Gasteiger partial charge in [-0.05, 0) is 53.6 Å². The van der Waals surface area contributed by atoms with Crippen molar-refractivity contribution in [2.45, 2.75) is 25.1 Å². The number of hydrogen-bond acceptors (Lipinski definition) is 1. The van der Waals surface area contributed by atoms with Gasteiger partial charge in [-0.25, -0.2) is 0 Å². The van der Waals surface area contributed by atoms with Crippen molar-refractivity contribution in [1.29, 1.82) is 0 Å². The number of rotatable bonds is 3. The van der Waals surface area contributed by atoms with Gasteiger partial charge in [-0.2, -0.15) is 13.2 Å². The zero-order valence-corrected chi connectivity index (χ0v) is 11.5. The lowest BCUT2D eigenvalue weighted by atomic mass is 10.2. The van der Waals surface area contributed by atoms with E-state index in [0.717, 1.165) is 8.47 Å². The molecule has 1 fully saturated rings. The van der Waals surface area contributed by atoms with Crippen molar-refractivity contribution in [2.24, 2.45) is 0 Å². The smallest absolute Gasteiger partial charge is 0.327 e. The topological polar surface area (TPSA) is 20.3 Å². The van der Waals surface area contributed by atoms with Crippen LogP contribution in [0.3, 0.4) is 0 Å². The average Bonchev–Trinajstić information content (AvgIpc) is 3.07. The van der Waals surface area contributed by atoms with E-state index < -0.39 is 18.6 Å². The Morgan fingerprint density at radius 2 is 2.06 bits per heavy atom. The Balaban J connectivity index is 2.18. The predicted octanol–water partition coefficient (Wildman–Crippen LogP) is 3.46. The van der Waals surface area contributed by atoms with Gasteiger partial charge in [0.1, 0.15) is 6.54 Å². The van der Waals surface area contributed by atoms with Gasteiger partial charge >= 0.3 is 6.18 Å². The van der Waals surface area contributed by atoms with Crippen LogP contribution in [0.15, 0.2) is 24.3 Å². The SMILES string of the molecule is O=C(c1cccc(I)c1)N(CC(F)(F)F)C1CC1. The number of benzene rings is 1. The summed E-state index contributed by atoms with van der Waals surface area (Å²) in [5.41, 5.74) is 0.318. The summed E-state index contributed by atoms with van der Waals surface area (Å²) in [4.78, 5) is 13.0. The molecule has 2 rings (SSSR count). The molecule has 1 aromatic rings. The van der Waals surface area contributed by atoms with Gasteiger partial charge in [-0.3, -0.25) is 4.79 Å². The van der Waals surface area contributed by atoms with Gasteiger partial charge in [0, 0.05) is 15.2 Å². The van der Waals surface area contributed by atoms with E-state index in [1.165, 1.54) is 0 Å². The van der Waals surface area contributed by atoms with E-state index in [4.69, 9.17) is 0 Å². The lowest BCUT2D eigenvalue weighted by Gasteiger charge is -2.23. The number of alkyl halides is 3. The van der Waals surface area contributed by atoms with E-state index in [1.54, 1.807) is 24.3 Å². The van der Waals surface area contributed by atoms with Crippen LogP contribution < -0.4 is 0 Å². The summed E-state index contributed by atoms with van der Waals surface area (Å²) in [6.45, 7) is -1.16. The van der Waals surface area contributed by atoms with Crippen molar-refractivity contribution in [3.8, 4) is 0 Å². The first-order valence-electron chi connectivity index (χ1n) is 5.50. The molecule has 6 heteroatoms. The molecule has 2 nitrogen and oxygen atoms in total. The molecule has 1 aromatic carbocycles. The number of carbonyl (C=O) groups is 1. The zero-order valence-electron chi connectivity index (χ0n) is 9.38. The molecular weight excluding hydrogens is 358 g/mol. The van der Waals surface area contributed by atoms with Crippen molar-refractivity contribution in [3.63, 3.8) is 0 Å². The highest BCUT2D eigenvalue weighted by atomic mass is 127. The van der Waals surface area contributed by atoms with Gasteiger partial charge in [0.2, 0.25) is 0 Å². The molecule has 98 valence electrons. The van der Waals surface area contributed by atoms with Crippen LogP contribution in [0.5, 0.6) is 0 Å². The Morgan fingerprint density at radius 1 is 1.39 bits per heavy atom. The Morgan fingerprint density at radius 3 is 2.56 bits per heavy atom. The third kappa shape index (κ3) is 3.60. The van der Waals surface area contributed by atoms with Gasteiger partial charge in [0.05, 0.1) is 0 Å². The standard InChI is InChI=1S/C12H11F3INO/c13-12(14,15)7-17(10-4-5-10)11(18)8-2-1-3-9(16)6-8/h1-3,6,10H,4-5,7H2. The Kier molecular flexibility index (Phi) is 3.84. The minimum atomic E-state index is -4.35. The van der Waals surface area contributed by atoms with Crippen molar-refractivity contribution < 1.29 is 18.0 Å². The van der Waals surface area contributed by atoms with E-state index in [9.17, 15) is 18.0 Å². The van der Waals surface area contributed by atoms with Crippen LogP contribution in [0.1, 0.15) is 23.2 Å². The average molecular weight is 369 g/mol. The third-order valence-electron chi connectivity index (χ3n) is 2.67. The number of nitrogens with zero attached hydrogens (tertiary/aromatic N) is 1. The molecule has 0 bridgehead atoms. The molecule has 0 unspecified atom stereocenters. The molecule has 0 aliphatic heterocycles. The van der Waals surface area contributed by atoms with E-state index >= 15 is 0 Å². The first-order chi connectivity index (χ1) is 8.37. The lowest BCUT2D eigenvalue weighted by molar-refractivity contribution is -0.141. The fourth-order valence-electron chi connectivity index (χ4n) is 1.73. The van der Waals surface area contributed by atoms with Crippen LogP contribution in [0.25, 0.3) is 0 Å². The largest absolute Gasteiger partial charge is 0.406 e. The minimum Gasteiger partial charge on any atom is -0.327 e. The summed E-state index contributed by atoms with van der Waals surface area (Å²) in [6, 6.07) is 6.37. The summed E-state index contributed by atoms with van der Waals surface area (Å²) in [6.07, 6.45) is -3.03. The van der Waals surface area contributed by atoms with E-state index in [0.29, 0.717) is 18.4 Å². The summed E-state index contributed by atoms with van der Waals surface area (Å²) < 4.78 is 38.2.